The van der Waals surface area contributed by atoms with Crippen LogP contribution in [0.15, 0.2) is 24.3 Å². The Labute approximate surface area is 104 Å². The van der Waals surface area contributed by atoms with Gasteiger partial charge in [-0.2, -0.15) is 26.3 Å². The molecule has 8 heteroatoms. The normalized spacial score (nSPS) is 16.2. The van der Waals surface area contributed by atoms with Crippen molar-refractivity contribution < 1.29 is 31.4 Å². The van der Waals surface area contributed by atoms with E-state index in [1.54, 1.807) is 0 Å². The Kier molecular flexibility index (Phi) is 4.46. The van der Waals surface area contributed by atoms with Crippen LogP contribution < -0.4 is 5.73 Å². The number of hydrogen-bond acceptors (Lipinski definition) is 2. The van der Waals surface area contributed by atoms with Crippen molar-refractivity contribution in [3.05, 3.63) is 35.4 Å². The van der Waals surface area contributed by atoms with Crippen molar-refractivity contribution in [3.8, 4) is 0 Å². The molecular weight excluding hydrogens is 276 g/mol. The molecule has 0 aliphatic rings. The minimum Gasteiger partial charge on any atom is -0.388 e. The number of hydrogen-bond donors (Lipinski definition) is 2. The van der Waals surface area contributed by atoms with Crippen LogP contribution >= 0.6 is 0 Å². The van der Waals surface area contributed by atoms with E-state index in [1.165, 1.54) is 0 Å². The highest BCUT2D eigenvalue weighted by atomic mass is 19.4. The first-order chi connectivity index (χ1) is 8.51. The summed E-state index contributed by atoms with van der Waals surface area (Å²) in [6, 6.07) is 1.20. The second-order valence-corrected chi connectivity index (χ2v) is 4.02. The molecular formula is C11H11F6NO. The van der Waals surface area contributed by atoms with E-state index in [0.29, 0.717) is 6.07 Å². The van der Waals surface area contributed by atoms with Gasteiger partial charge in [-0.3, -0.25) is 0 Å². The Bertz CT molecular complexity index is 428. The van der Waals surface area contributed by atoms with Crippen LogP contribution in [-0.2, 0) is 6.18 Å². The minimum absolute atomic E-state index is 0.255. The lowest BCUT2D eigenvalue weighted by atomic mass is 10.00. The molecule has 0 saturated carbocycles. The Morgan fingerprint density at radius 1 is 1.11 bits per heavy atom. The zero-order chi connectivity index (χ0) is 14.8. The maximum atomic E-state index is 12.4. The summed E-state index contributed by atoms with van der Waals surface area (Å²) < 4.78 is 73.7. The number of aliphatic hydroxyl groups excluding tert-OH is 1. The predicted octanol–water partition coefficient (Wildman–Crippen LogP) is 3.02. The molecule has 1 aromatic carbocycles. The zero-order valence-electron chi connectivity index (χ0n) is 9.46. The largest absolute Gasteiger partial charge is 0.416 e. The van der Waals surface area contributed by atoms with Crippen molar-refractivity contribution in [2.75, 3.05) is 0 Å². The number of nitrogens with two attached hydrogens (primary N) is 1. The molecule has 1 rings (SSSR count). The summed E-state index contributed by atoms with van der Waals surface area (Å²) in [4.78, 5) is 0. The zero-order valence-corrected chi connectivity index (χ0v) is 9.46. The Morgan fingerprint density at radius 2 is 1.68 bits per heavy atom. The van der Waals surface area contributed by atoms with Gasteiger partial charge in [0.05, 0.1) is 11.7 Å². The average Bonchev–Trinajstić information content (AvgIpc) is 2.26. The molecule has 0 aromatic heterocycles. The Balaban J connectivity index is 2.86. The van der Waals surface area contributed by atoms with Crippen LogP contribution in [0.3, 0.4) is 0 Å². The van der Waals surface area contributed by atoms with Gasteiger partial charge in [-0.1, -0.05) is 12.1 Å². The van der Waals surface area contributed by atoms with Crippen molar-refractivity contribution in [1.82, 2.24) is 0 Å². The lowest BCUT2D eigenvalue weighted by Gasteiger charge is -2.20. The van der Waals surface area contributed by atoms with Gasteiger partial charge in [0.2, 0.25) is 0 Å². The first-order valence-corrected chi connectivity index (χ1v) is 5.19. The van der Waals surface area contributed by atoms with Crippen molar-refractivity contribution in [3.63, 3.8) is 0 Å². The second-order valence-electron chi connectivity index (χ2n) is 4.02. The standard InChI is InChI=1S/C11H11F6NO/c12-10(13,14)7-3-1-2-6(4-7)8(19)5-9(18)11(15,16)17/h1-4,8-9,19H,5,18H2/t8-,9-/m0/s1. The molecule has 0 spiro atoms. The van der Waals surface area contributed by atoms with Gasteiger partial charge in [-0.15, -0.1) is 0 Å². The van der Waals surface area contributed by atoms with Crippen LogP contribution in [0.2, 0.25) is 0 Å². The summed E-state index contributed by atoms with van der Waals surface area (Å²) in [7, 11) is 0. The minimum atomic E-state index is -4.71. The van der Waals surface area contributed by atoms with Crippen LogP contribution in [0, 0.1) is 0 Å². The lowest BCUT2D eigenvalue weighted by Crippen LogP contribution is -2.38. The maximum Gasteiger partial charge on any atom is 0.416 e. The van der Waals surface area contributed by atoms with E-state index in [2.05, 4.69) is 0 Å². The third-order valence-electron chi connectivity index (χ3n) is 2.50. The monoisotopic (exact) mass is 287 g/mol. The maximum absolute atomic E-state index is 12.4. The number of rotatable bonds is 3. The van der Waals surface area contributed by atoms with Gasteiger partial charge in [-0.25, -0.2) is 0 Å². The van der Waals surface area contributed by atoms with Gasteiger partial charge in [0, 0.05) is 6.42 Å². The molecule has 0 heterocycles. The molecule has 0 aliphatic carbocycles. The van der Waals surface area contributed by atoms with Crippen molar-refractivity contribution in [2.24, 2.45) is 5.73 Å². The fraction of sp³-hybridized carbons (Fsp3) is 0.455. The molecule has 0 fully saturated rings. The van der Waals surface area contributed by atoms with Gasteiger partial charge in [0.15, 0.2) is 0 Å². The lowest BCUT2D eigenvalue weighted by molar-refractivity contribution is -0.154. The summed E-state index contributed by atoms with van der Waals surface area (Å²) >= 11 is 0. The summed E-state index contributed by atoms with van der Waals surface area (Å²) in [5.41, 5.74) is 3.51. The third-order valence-corrected chi connectivity index (χ3v) is 2.50. The molecule has 2 nitrogen and oxygen atoms in total. The third kappa shape index (κ3) is 4.39. The second kappa shape index (κ2) is 5.38. The molecule has 0 unspecified atom stereocenters. The van der Waals surface area contributed by atoms with Gasteiger partial charge in [0.1, 0.15) is 6.04 Å². The van der Waals surface area contributed by atoms with Gasteiger partial charge in [0.25, 0.3) is 0 Å². The summed E-state index contributed by atoms with van der Waals surface area (Å²) in [5.74, 6) is 0. The van der Waals surface area contributed by atoms with Gasteiger partial charge in [-0.05, 0) is 17.7 Å². The molecule has 0 aliphatic heterocycles. The van der Waals surface area contributed by atoms with Gasteiger partial charge >= 0.3 is 12.4 Å². The van der Waals surface area contributed by atoms with E-state index in [1.807, 2.05) is 0 Å². The Morgan fingerprint density at radius 3 is 2.16 bits per heavy atom. The number of aliphatic hydroxyl groups is 1. The van der Waals surface area contributed by atoms with Crippen LogP contribution in [-0.4, -0.2) is 17.3 Å². The van der Waals surface area contributed by atoms with E-state index >= 15 is 0 Å². The highest BCUT2D eigenvalue weighted by Crippen LogP contribution is 2.32. The predicted molar refractivity (Wildman–Crippen MR) is 55.1 cm³/mol. The number of benzene rings is 1. The van der Waals surface area contributed by atoms with Crippen LogP contribution in [0.25, 0.3) is 0 Å². The molecule has 0 amide bonds. The summed E-state index contributed by atoms with van der Waals surface area (Å²) in [6.45, 7) is 0. The number of alkyl halides is 6. The highest BCUT2D eigenvalue weighted by Gasteiger charge is 2.38. The van der Waals surface area contributed by atoms with Crippen LogP contribution in [0.5, 0.6) is 0 Å². The molecule has 0 bridgehead atoms. The Hall–Kier alpha value is -1.28. The van der Waals surface area contributed by atoms with Crippen LogP contribution in [0.4, 0.5) is 26.3 Å². The van der Waals surface area contributed by atoms with E-state index in [4.69, 9.17) is 5.73 Å². The first kappa shape index (κ1) is 15.8. The smallest absolute Gasteiger partial charge is 0.388 e. The van der Waals surface area contributed by atoms with E-state index < -0.39 is 36.5 Å². The summed E-state index contributed by atoms with van der Waals surface area (Å²) in [6.07, 6.45) is -11.9. The van der Waals surface area contributed by atoms with Gasteiger partial charge < -0.3 is 10.8 Å². The molecule has 2 atom stereocenters. The topological polar surface area (TPSA) is 46.2 Å². The van der Waals surface area contributed by atoms with E-state index in [9.17, 15) is 31.4 Å². The van der Waals surface area contributed by atoms with Crippen molar-refractivity contribution in [1.29, 1.82) is 0 Å². The SMILES string of the molecule is N[C@@H](C[C@H](O)c1cccc(C(F)(F)F)c1)C(F)(F)F. The first-order valence-electron chi connectivity index (χ1n) is 5.19. The molecule has 0 saturated heterocycles. The van der Waals surface area contributed by atoms with Crippen LogP contribution in [0.1, 0.15) is 23.7 Å². The fourth-order valence-electron chi connectivity index (χ4n) is 1.43. The molecule has 1 aromatic rings. The van der Waals surface area contributed by atoms with E-state index in [0.717, 1.165) is 18.2 Å². The number of halogens is 6. The quantitative estimate of drug-likeness (QED) is 0.839. The van der Waals surface area contributed by atoms with E-state index in [-0.39, 0.29) is 5.56 Å². The molecule has 3 N–H and O–H groups in total. The average molecular weight is 287 g/mol. The molecule has 108 valence electrons. The highest BCUT2D eigenvalue weighted by molar-refractivity contribution is 5.27. The summed E-state index contributed by atoms with van der Waals surface area (Å²) in [5, 5.41) is 9.50. The molecule has 19 heavy (non-hydrogen) atoms. The molecule has 0 radical (unpaired) electrons. The fourth-order valence-corrected chi connectivity index (χ4v) is 1.43. The van der Waals surface area contributed by atoms with Crippen molar-refractivity contribution >= 4 is 0 Å². The van der Waals surface area contributed by atoms with Crippen molar-refractivity contribution in [2.45, 2.75) is 30.9 Å².